The number of ether oxygens (including phenoxy) is 2. The van der Waals surface area contributed by atoms with Gasteiger partial charge in [0, 0.05) is 5.56 Å². The molecule has 0 aliphatic heterocycles. The molecule has 0 fully saturated rings. The molecule has 1 unspecified atom stereocenters. The van der Waals surface area contributed by atoms with E-state index in [0.29, 0.717) is 18.8 Å². The fraction of sp³-hybridized carbons (Fsp3) is 0.474. The van der Waals surface area contributed by atoms with Gasteiger partial charge in [-0.1, -0.05) is 18.2 Å². The summed E-state index contributed by atoms with van der Waals surface area (Å²) in [6, 6.07) is 10.7. The summed E-state index contributed by atoms with van der Waals surface area (Å²) in [7, 11) is 0. The van der Waals surface area contributed by atoms with Gasteiger partial charge in [0.05, 0.1) is 38.3 Å². The summed E-state index contributed by atoms with van der Waals surface area (Å²) in [5.41, 5.74) is 0.998. The molecule has 29 heavy (non-hydrogen) atoms. The van der Waals surface area contributed by atoms with Crippen LogP contribution >= 0.6 is 0 Å². The molecule has 1 N–H and O–H groups in total. The van der Waals surface area contributed by atoms with Crippen LogP contribution in [-0.4, -0.2) is 44.6 Å². The quantitative estimate of drug-likeness (QED) is 0.715. The van der Waals surface area contributed by atoms with Crippen molar-refractivity contribution in [2.45, 2.75) is 52.0 Å². The molecule has 0 saturated heterocycles. The number of amides is 1. The molecule has 1 aromatic carbocycles. The molecule has 2 rings (SSSR count). The lowest BCUT2D eigenvalue weighted by molar-refractivity contribution is 0.0462. The zero-order valence-corrected chi connectivity index (χ0v) is 16.6. The molecule has 1 heterocycles. The van der Waals surface area contributed by atoms with E-state index < -0.39 is 17.7 Å². The Labute approximate surface area is 169 Å². The second-order valence-electron chi connectivity index (χ2n) is 7.18. The Kier molecular flexibility index (Phi) is 7.63. The molecule has 10 heteroatoms. The van der Waals surface area contributed by atoms with E-state index >= 15 is 0 Å². The normalized spacial score (nSPS) is 11.9. The number of carbonyl (C=O) groups is 1. The van der Waals surface area contributed by atoms with Crippen LogP contribution in [0, 0.1) is 22.7 Å². The van der Waals surface area contributed by atoms with Gasteiger partial charge in [-0.05, 0) is 42.8 Å². The smallest absolute Gasteiger partial charge is 0.408 e. The summed E-state index contributed by atoms with van der Waals surface area (Å²) in [5, 5.41) is 32.0. The van der Waals surface area contributed by atoms with Gasteiger partial charge in [-0.3, -0.25) is 0 Å². The number of hydrogen-bond acceptors (Lipinski definition) is 8. The SMILES string of the molecule is CC(C)(C)OC(=O)NC(C#N)COCc1cccc(-c2nnnn2CCC#N)c1. The standard InChI is InChI=1S/C19H23N7O3/c1-19(2,3)29-18(27)22-16(11-21)13-28-12-14-6-4-7-15(10-14)17-23-24-25-26(17)9-5-8-20/h4,6-7,10,16H,5,9,12-13H2,1-3H3,(H,22,27). The van der Waals surface area contributed by atoms with E-state index in [-0.39, 0.29) is 13.2 Å². The van der Waals surface area contributed by atoms with Gasteiger partial charge in [0.25, 0.3) is 0 Å². The second kappa shape index (κ2) is 10.2. The van der Waals surface area contributed by atoms with Crippen molar-refractivity contribution in [1.82, 2.24) is 25.5 Å². The average Bonchev–Trinajstić information content (AvgIpc) is 3.13. The molecule has 0 saturated carbocycles. The third-order valence-corrected chi connectivity index (χ3v) is 3.55. The van der Waals surface area contributed by atoms with Crippen LogP contribution in [-0.2, 0) is 22.6 Å². The van der Waals surface area contributed by atoms with Crippen LogP contribution < -0.4 is 5.32 Å². The molecule has 1 aromatic heterocycles. The van der Waals surface area contributed by atoms with Gasteiger partial charge in [-0.25, -0.2) is 9.48 Å². The number of tetrazole rings is 1. The number of alkyl carbamates (subject to hydrolysis) is 1. The Hall–Kier alpha value is -3.50. The summed E-state index contributed by atoms with van der Waals surface area (Å²) < 4.78 is 12.3. The van der Waals surface area contributed by atoms with Gasteiger partial charge in [0.1, 0.15) is 11.6 Å². The minimum Gasteiger partial charge on any atom is -0.444 e. The first-order valence-corrected chi connectivity index (χ1v) is 9.01. The first-order chi connectivity index (χ1) is 13.8. The number of nitriles is 2. The van der Waals surface area contributed by atoms with E-state index in [1.807, 2.05) is 30.3 Å². The molecule has 0 spiro atoms. The van der Waals surface area contributed by atoms with Crippen molar-refractivity contribution >= 4 is 6.09 Å². The van der Waals surface area contributed by atoms with Gasteiger partial charge in [-0.15, -0.1) is 5.10 Å². The zero-order chi connectivity index (χ0) is 21.3. The number of aryl methyl sites for hydroxylation is 1. The largest absolute Gasteiger partial charge is 0.444 e. The summed E-state index contributed by atoms with van der Waals surface area (Å²) in [5.74, 6) is 0.559. The highest BCUT2D eigenvalue weighted by Gasteiger charge is 2.19. The highest BCUT2D eigenvalue weighted by Crippen LogP contribution is 2.18. The maximum atomic E-state index is 11.8. The van der Waals surface area contributed by atoms with Crippen molar-refractivity contribution in [3.8, 4) is 23.5 Å². The number of aromatic nitrogens is 4. The fourth-order valence-corrected chi connectivity index (χ4v) is 2.37. The summed E-state index contributed by atoms with van der Waals surface area (Å²) in [6.07, 6.45) is -0.361. The van der Waals surface area contributed by atoms with Crippen LogP contribution in [0.1, 0.15) is 32.8 Å². The molecule has 10 nitrogen and oxygen atoms in total. The monoisotopic (exact) mass is 397 g/mol. The van der Waals surface area contributed by atoms with Crippen LogP contribution in [0.4, 0.5) is 4.79 Å². The van der Waals surface area contributed by atoms with Crippen LogP contribution in [0.25, 0.3) is 11.4 Å². The lowest BCUT2D eigenvalue weighted by Crippen LogP contribution is -2.40. The predicted molar refractivity (Wildman–Crippen MR) is 102 cm³/mol. The maximum absolute atomic E-state index is 11.8. The first-order valence-electron chi connectivity index (χ1n) is 9.01. The van der Waals surface area contributed by atoms with Gasteiger partial charge in [0.15, 0.2) is 5.82 Å². The number of carbonyl (C=O) groups excluding carboxylic acids is 1. The fourth-order valence-electron chi connectivity index (χ4n) is 2.37. The molecule has 1 atom stereocenters. The van der Waals surface area contributed by atoms with Crippen LogP contribution in [0.3, 0.4) is 0 Å². The molecule has 0 aliphatic carbocycles. The molecule has 0 bridgehead atoms. The maximum Gasteiger partial charge on any atom is 0.408 e. The highest BCUT2D eigenvalue weighted by molar-refractivity contribution is 5.68. The Morgan fingerprint density at radius 3 is 2.83 bits per heavy atom. The summed E-state index contributed by atoms with van der Waals surface area (Å²) in [6.45, 7) is 5.89. The summed E-state index contributed by atoms with van der Waals surface area (Å²) >= 11 is 0. The lowest BCUT2D eigenvalue weighted by Gasteiger charge is -2.21. The zero-order valence-electron chi connectivity index (χ0n) is 16.6. The molecule has 1 amide bonds. The Morgan fingerprint density at radius 2 is 2.14 bits per heavy atom. The number of nitrogens with one attached hydrogen (secondary N) is 1. The van der Waals surface area contributed by atoms with E-state index in [4.69, 9.17) is 14.7 Å². The van der Waals surface area contributed by atoms with Gasteiger partial charge in [-0.2, -0.15) is 10.5 Å². The first kappa shape index (κ1) is 21.8. The third kappa shape index (κ3) is 7.20. The molecular weight excluding hydrogens is 374 g/mol. The van der Waals surface area contributed by atoms with Crippen LogP contribution in [0.5, 0.6) is 0 Å². The van der Waals surface area contributed by atoms with Crippen molar-refractivity contribution in [2.75, 3.05) is 6.61 Å². The van der Waals surface area contributed by atoms with Crippen molar-refractivity contribution in [3.05, 3.63) is 29.8 Å². The van der Waals surface area contributed by atoms with E-state index in [1.165, 1.54) is 0 Å². The number of nitrogens with zero attached hydrogens (tertiary/aromatic N) is 6. The number of hydrogen-bond donors (Lipinski definition) is 1. The predicted octanol–water partition coefficient (Wildman–Crippen LogP) is 2.19. The second-order valence-corrected chi connectivity index (χ2v) is 7.18. The number of benzene rings is 1. The summed E-state index contributed by atoms with van der Waals surface area (Å²) in [4.78, 5) is 11.8. The van der Waals surface area contributed by atoms with Crippen molar-refractivity contribution in [3.63, 3.8) is 0 Å². The van der Waals surface area contributed by atoms with Crippen LogP contribution in [0.15, 0.2) is 24.3 Å². The highest BCUT2D eigenvalue weighted by atomic mass is 16.6. The molecule has 0 aliphatic rings. The van der Waals surface area contributed by atoms with Gasteiger partial charge >= 0.3 is 6.09 Å². The minimum atomic E-state index is -0.827. The molecule has 2 aromatic rings. The molecular formula is C19H23N7O3. The van der Waals surface area contributed by atoms with Crippen molar-refractivity contribution < 1.29 is 14.3 Å². The molecule has 0 radical (unpaired) electrons. The topological polar surface area (TPSA) is 139 Å². The Morgan fingerprint density at radius 1 is 1.34 bits per heavy atom. The average molecular weight is 397 g/mol. The van der Waals surface area contributed by atoms with E-state index in [0.717, 1.165) is 11.1 Å². The number of rotatable bonds is 8. The third-order valence-electron chi connectivity index (χ3n) is 3.55. The van der Waals surface area contributed by atoms with Gasteiger partial charge < -0.3 is 14.8 Å². The van der Waals surface area contributed by atoms with Crippen molar-refractivity contribution in [2.24, 2.45) is 0 Å². The van der Waals surface area contributed by atoms with E-state index in [1.54, 1.807) is 25.5 Å². The van der Waals surface area contributed by atoms with E-state index in [9.17, 15) is 10.1 Å². The van der Waals surface area contributed by atoms with Crippen molar-refractivity contribution in [1.29, 1.82) is 10.5 Å². The lowest BCUT2D eigenvalue weighted by atomic mass is 10.1. The minimum absolute atomic E-state index is 0.0138. The Balaban J connectivity index is 1.92. The Bertz CT molecular complexity index is 906. The van der Waals surface area contributed by atoms with E-state index in [2.05, 4.69) is 26.9 Å². The molecule has 152 valence electrons. The van der Waals surface area contributed by atoms with Crippen LogP contribution in [0.2, 0.25) is 0 Å². The van der Waals surface area contributed by atoms with Gasteiger partial charge in [0.2, 0.25) is 0 Å².